The van der Waals surface area contributed by atoms with Gasteiger partial charge in [-0.1, -0.05) is 30.3 Å². The van der Waals surface area contributed by atoms with Crippen LogP contribution >= 0.6 is 0 Å². The van der Waals surface area contributed by atoms with Gasteiger partial charge in [-0.3, -0.25) is 9.36 Å². The quantitative estimate of drug-likeness (QED) is 0.912. The van der Waals surface area contributed by atoms with Gasteiger partial charge in [-0.05, 0) is 24.5 Å². The van der Waals surface area contributed by atoms with Crippen molar-refractivity contribution in [3.63, 3.8) is 0 Å². The van der Waals surface area contributed by atoms with Gasteiger partial charge in [-0.15, -0.1) is 0 Å². The maximum Gasteiger partial charge on any atom is 0.330 e. The third-order valence-electron chi connectivity index (χ3n) is 3.72. The minimum absolute atomic E-state index is 0.347. The van der Waals surface area contributed by atoms with Gasteiger partial charge in [0, 0.05) is 12.3 Å². The van der Waals surface area contributed by atoms with Gasteiger partial charge in [0.1, 0.15) is 17.9 Å². The molecule has 21 heavy (non-hydrogen) atoms. The van der Waals surface area contributed by atoms with Crippen molar-refractivity contribution in [2.24, 2.45) is 0 Å². The fourth-order valence-corrected chi connectivity index (χ4v) is 2.32. The van der Waals surface area contributed by atoms with Crippen LogP contribution in [0.5, 0.6) is 5.75 Å². The van der Waals surface area contributed by atoms with E-state index in [0.717, 1.165) is 5.56 Å². The molecule has 0 amide bonds. The molecule has 0 aliphatic heterocycles. The molecule has 1 saturated carbocycles. The normalized spacial score (nSPS) is 15.4. The van der Waals surface area contributed by atoms with Gasteiger partial charge in [0.25, 0.3) is 5.56 Å². The van der Waals surface area contributed by atoms with Crippen LogP contribution in [0.25, 0.3) is 0 Å². The number of rotatable bonds is 5. The van der Waals surface area contributed by atoms with E-state index in [4.69, 9.17) is 4.74 Å². The Bertz CT molecular complexity index is 717. The molecule has 108 valence electrons. The SMILES string of the molecule is O=C(O)C1(n2ccc(OCc3ccccc3)cc2=O)CC1. The highest BCUT2D eigenvalue weighted by Crippen LogP contribution is 2.42. The van der Waals surface area contributed by atoms with E-state index in [1.807, 2.05) is 30.3 Å². The molecule has 5 nitrogen and oxygen atoms in total. The second-order valence-corrected chi connectivity index (χ2v) is 5.18. The highest BCUT2D eigenvalue weighted by Gasteiger charge is 2.52. The molecule has 0 atom stereocenters. The first-order chi connectivity index (χ1) is 10.1. The number of aromatic nitrogens is 1. The summed E-state index contributed by atoms with van der Waals surface area (Å²) < 4.78 is 6.84. The lowest BCUT2D eigenvalue weighted by Gasteiger charge is -2.14. The van der Waals surface area contributed by atoms with Gasteiger partial charge in [-0.25, -0.2) is 4.79 Å². The summed E-state index contributed by atoms with van der Waals surface area (Å²) in [5.74, 6) is -0.510. The number of hydrogen-bond acceptors (Lipinski definition) is 3. The number of aliphatic carboxylic acids is 1. The van der Waals surface area contributed by atoms with Crippen LogP contribution in [-0.4, -0.2) is 15.6 Å². The fourth-order valence-electron chi connectivity index (χ4n) is 2.32. The summed E-state index contributed by atoms with van der Waals surface area (Å²) in [5, 5.41) is 9.21. The first-order valence-electron chi connectivity index (χ1n) is 6.75. The molecule has 1 fully saturated rings. The molecule has 1 N–H and O–H groups in total. The Morgan fingerprint density at radius 1 is 1.24 bits per heavy atom. The van der Waals surface area contributed by atoms with Crippen molar-refractivity contribution in [3.8, 4) is 5.75 Å². The average Bonchev–Trinajstić information content (AvgIpc) is 3.28. The highest BCUT2D eigenvalue weighted by atomic mass is 16.5. The van der Waals surface area contributed by atoms with Crippen LogP contribution in [0.3, 0.4) is 0 Å². The van der Waals surface area contributed by atoms with E-state index in [1.54, 1.807) is 6.07 Å². The Balaban J connectivity index is 1.76. The van der Waals surface area contributed by atoms with Crippen molar-refractivity contribution in [2.45, 2.75) is 25.0 Å². The van der Waals surface area contributed by atoms with Crippen molar-refractivity contribution in [3.05, 3.63) is 64.6 Å². The number of ether oxygens (including phenoxy) is 1. The van der Waals surface area contributed by atoms with Crippen LogP contribution < -0.4 is 10.3 Å². The first-order valence-corrected chi connectivity index (χ1v) is 6.75. The van der Waals surface area contributed by atoms with E-state index in [-0.39, 0.29) is 5.56 Å². The monoisotopic (exact) mass is 285 g/mol. The van der Waals surface area contributed by atoms with Crippen molar-refractivity contribution in [1.82, 2.24) is 4.57 Å². The first kappa shape index (κ1) is 13.4. The number of carbonyl (C=O) groups is 1. The maximum atomic E-state index is 12.1. The molecule has 1 aromatic heterocycles. The summed E-state index contributed by atoms with van der Waals surface area (Å²) in [6.45, 7) is 0.369. The Labute approximate surface area is 121 Å². The zero-order valence-electron chi connectivity index (χ0n) is 11.4. The molecule has 0 unspecified atom stereocenters. The van der Waals surface area contributed by atoms with Gasteiger partial charge in [0.15, 0.2) is 0 Å². The summed E-state index contributed by atoms with van der Waals surface area (Å²) in [4.78, 5) is 23.3. The fraction of sp³-hybridized carbons (Fsp3) is 0.250. The predicted molar refractivity (Wildman–Crippen MR) is 76.3 cm³/mol. The minimum atomic E-state index is -1.05. The molecule has 0 saturated heterocycles. The Morgan fingerprint density at radius 2 is 1.95 bits per heavy atom. The third-order valence-corrected chi connectivity index (χ3v) is 3.72. The second kappa shape index (κ2) is 5.09. The molecule has 0 bridgehead atoms. The van der Waals surface area contributed by atoms with Crippen LogP contribution in [0.15, 0.2) is 53.5 Å². The number of hydrogen-bond donors (Lipinski definition) is 1. The van der Waals surface area contributed by atoms with Crippen LogP contribution in [0.2, 0.25) is 0 Å². The Hall–Kier alpha value is -2.56. The molecule has 1 aliphatic carbocycles. The molecule has 3 rings (SSSR count). The van der Waals surface area contributed by atoms with Gasteiger partial charge >= 0.3 is 5.97 Å². The van der Waals surface area contributed by atoms with E-state index in [2.05, 4.69) is 0 Å². The van der Waals surface area contributed by atoms with E-state index in [9.17, 15) is 14.7 Å². The summed E-state index contributed by atoms with van der Waals surface area (Å²) in [5.41, 5.74) is -0.388. The number of nitrogens with zero attached hydrogens (tertiary/aromatic N) is 1. The molecule has 2 aromatic rings. The lowest BCUT2D eigenvalue weighted by atomic mass is 10.2. The average molecular weight is 285 g/mol. The van der Waals surface area contributed by atoms with E-state index >= 15 is 0 Å². The molecule has 1 aliphatic rings. The number of benzene rings is 1. The maximum absolute atomic E-state index is 12.1. The number of pyridine rings is 1. The molecule has 1 heterocycles. The van der Waals surface area contributed by atoms with E-state index in [1.165, 1.54) is 16.8 Å². The van der Waals surface area contributed by atoms with Crippen LogP contribution in [-0.2, 0) is 16.9 Å². The summed E-state index contributed by atoms with van der Waals surface area (Å²) in [7, 11) is 0. The zero-order chi connectivity index (χ0) is 14.9. The Morgan fingerprint density at radius 3 is 2.52 bits per heavy atom. The number of carboxylic acids is 1. The molecule has 0 spiro atoms. The van der Waals surface area contributed by atoms with Crippen molar-refractivity contribution < 1.29 is 14.6 Å². The summed E-state index contributed by atoms with van der Waals surface area (Å²) >= 11 is 0. The van der Waals surface area contributed by atoms with Gasteiger partial charge in [0.05, 0.1) is 0 Å². The lowest BCUT2D eigenvalue weighted by Crippen LogP contribution is -2.35. The van der Waals surface area contributed by atoms with Gasteiger partial charge < -0.3 is 9.84 Å². The Kier molecular flexibility index (Phi) is 3.25. The van der Waals surface area contributed by atoms with Crippen molar-refractivity contribution in [1.29, 1.82) is 0 Å². The standard InChI is InChI=1S/C16H15NO4/c18-14-10-13(21-11-12-4-2-1-3-5-12)6-9-17(14)16(7-8-16)15(19)20/h1-6,9-10H,7-8,11H2,(H,19,20). The zero-order valence-corrected chi connectivity index (χ0v) is 11.4. The second-order valence-electron chi connectivity index (χ2n) is 5.18. The van der Waals surface area contributed by atoms with E-state index < -0.39 is 11.5 Å². The molecular formula is C16H15NO4. The topological polar surface area (TPSA) is 68.5 Å². The summed E-state index contributed by atoms with van der Waals surface area (Å²) in [6.07, 6.45) is 2.49. The summed E-state index contributed by atoms with van der Waals surface area (Å²) in [6, 6.07) is 12.6. The van der Waals surface area contributed by atoms with Gasteiger partial charge in [-0.2, -0.15) is 0 Å². The molecule has 1 aromatic carbocycles. The smallest absolute Gasteiger partial charge is 0.330 e. The van der Waals surface area contributed by atoms with Crippen molar-refractivity contribution in [2.75, 3.05) is 0 Å². The highest BCUT2D eigenvalue weighted by molar-refractivity contribution is 5.80. The van der Waals surface area contributed by atoms with Crippen LogP contribution in [0, 0.1) is 0 Å². The molecule has 0 radical (unpaired) electrons. The van der Waals surface area contributed by atoms with Gasteiger partial charge in [0.2, 0.25) is 0 Å². The van der Waals surface area contributed by atoms with Crippen LogP contribution in [0.1, 0.15) is 18.4 Å². The minimum Gasteiger partial charge on any atom is -0.489 e. The van der Waals surface area contributed by atoms with Crippen LogP contribution in [0.4, 0.5) is 0 Å². The van der Waals surface area contributed by atoms with Crippen molar-refractivity contribution >= 4 is 5.97 Å². The lowest BCUT2D eigenvalue weighted by molar-refractivity contribution is -0.142. The third kappa shape index (κ3) is 2.54. The molecule has 5 heteroatoms. The molecular weight excluding hydrogens is 270 g/mol. The number of carboxylic acid groups (broad SMARTS) is 1. The van der Waals surface area contributed by atoms with E-state index in [0.29, 0.717) is 25.2 Å². The largest absolute Gasteiger partial charge is 0.489 e. The predicted octanol–water partition coefficient (Wildman–Crippen LogP) is 2.00.